The number of rotatable bonds is 6. The smallest absolute Gasteiger partial charge is 0.243 e. The van der Waals surface area contributed by atoms with E-state index in [1.807, 2.05) is 23.1 Å². The van der Waals surface area contributed by atoms with E-state index >= 15 is 0 Å². The Kier molecular flexibility index (Phi) is 6.66. The van der Waals surface area contributed by atoms with Gasteiger partial charge in [0.2, 0.25) is 15.9 Å². The standard InChI is InChI=1S/C19H21ClFN3O3S/c20-18-7-2-1-4-15(18)13-22-19(25)14-23-8-10-24(11-9-23)28(26,27)17-6-3-5-16(21)12-17/h1-7,12H,8-11,13-14H2,(H,22,25). The fraction of sp³-hybridized carbons (Fsp3) is 0.316. The van der Waals surface area contributed by atoms with Gasteiger partial charge in [-0.15, -0.1) is 0 Å². The van der Waals surface area contributed by atoms with Crippen molar-refractivity contribution in [2.75, 3.05) is 32.7 Å². The highest BCUT2D eigenvalue weighted by atomic mass is 35.5. The summed E-state index contributed by atoms with van der Waals surface area (Å²) in [5, 5.41) is 3.42. The molecule has 6 nitrogen and oxygen atoms in total. The van der Waals surface area contributed by atoms with Crippen LogP contribution in [-0.2, 0) is 21.4 Å². The molecule has 1 saturated heterocycles. The number of carbonyl (C=O) groups is 1. The molecule has 0 atom stereocenters. The highest BCUT2D eigenvalue weighted by molar-refractivity contribution is 7.89. The van der Waals surface area contributed by atoms with Crippen molar-refractivity contribution in [2.24, 2.45) is 0 Å². The Morgan fingerprint density at radius 2 is 1.79 bits per heavy atom. The molecule has 2 aromatic carbocycles. The molecule has 0 radical (unpaired) electrons. The molecule has 1 fully saturated rings. The zero-order valence-electron chi connectivity index (χ0n) is 15.1. The molecule has 0 aromatic heterocycles. The lowest BCUT2D eigenvalue weighted by Gasteiger charge is -2.33. The van der Waals surface area contributed by atoms with Gasteiger partial charge in [-0.1, -0.05) is 35.9 Å². The Hall–Kier alpha value is -2.00. The van der Waals surface area contributed by atoms with Crippen molar-refractivity contribution in [3.05, 3.63) is 64.9 Å². The molecule has 150 valence electrons. The van der Waals surface area contributed by atoms with Crippen LogP contribution in [0.4, 0.5) is 4.39 Å². The molecule has 1 aliphatic heterocycles. The van der Waals surface area contributed by atoms with E-state index in [0.717, 1.165) is 11.6 Å². The lowest BCUT2D eigenvalue weighted by molar-refractivity contribution is -0.122. The lowest BCUT2D eigenvalue weighted by atomic mass is 10.2. The average Bonchev–Trinajstić information content (AvgIpc) is 2.68. The largest absolute Gasteiger partial charge is 0.351 e. The minimum atomic E-state index is -3.74. The number of halogens is 2. The molecule has 3 rings (SSSR count). The van der Waals surface area contributed by atoms with Gasteiger partial charge < -0.3 is 5.32 Å². The fourth-order valence-corrected chi connectivity index (χ4v) is 4.66. The summed E-state index contributed by atoms with van der Waals surface area (Å²) in [7, 11) is -3.74. The summed E-state index contributed by atoms with van der Waals surface area (Å²) >= 11 is 6.07. The van der Waals surface area contributed by atoms with Gasteiger partial charge in [0.05, 0.1) is 11.4 Å². The SMILES string of the molecule is O=C(CN1CCN(S(=O)(=O)c2cccc(F)c2)CC1)NCc1ccccc1Cl. The molecular formula is C19H21ClFN3O3S. The van der Waals surface area contributed by atoms with Gasteiger partial charge in [0, 0.05) is 37.7 Å². The monoisotopic (exact) mass is 425 g/mol. The van der Waals surface area contributed by atoms with Crippen molar-refractivity contribution >= 4 is 27.5 Å². The summed E-state index contributed by atoms with van der Waals surface area (Å²) < 4.78 is 39.9. The van der Waals surface area contributed by atoms with E-state index in [-0.39, 0.29) is 30.4 Å². The van der Waals surface area contributed by atoms with Gasteiger partial charge in [0.25, 0.3) is 0 Å². The van der Waals surface area contributed by atoms with Crippen LogP contribution in [-0.4, -0.2) is 56.3 Å². The van der Waals surface area contributed by atoms with Crippen molar-refractivity contribution in [3.8, 4) is 0 Å². The number of hydrogen-bond donors (Lipinski definition) is 1. The first-order valence-electron chi connectivity index (χ1n) is 8.84. The van der Waals surface area contributed by atoms with Crippen LogP contribution in [0, 0.1) is 5.82 Å². The van der Waals surface area contributed by atoms with Crippen LogP contribution in [0.1, 0.15) is 5.56 Å². The van der Waals surface area contributed by atoms with Crippen LogP contribution in [0.2, 0.25) is 5.02 Å². The molecule has 1 amide bonds. The quantitative estimate of drug-likeness (QED) is 0.769. The van der Waals surface area contributed by atoms with Crippen molar-refractivity contribution in [2.45, 2.75) is 11.4 Å². The molecule has 2 aromatic rings. The van der Waals surface area contributed by atoms with Crippen molar-refractivity contribution in [1.29, 1.82) is 0 Å². The van der Waals surface area contributed by atoms with Crippen molar-refractivity contribution < 1.29 is 17.6 Å². The molecular weight excluding hydrogens is 405 g/mol. The predicted octanol–water partition coefficient (Wildman–Crippen LogP) is 2.10. The number of nitrogens with zero attached hydrogens (tertiary/aromatic N) is 2. The molecule has 1 aliphatic rings. The molecule has 28 heavy (non-hydrogen) atoms. The van der Waals surface area contributed by atoms with E-state index in [4.69, 9.17) is 11.6 Å². The van der Waals surface area contributed by atoms with Gasteiger partial charge in [0.1, 0.15) is 5.82 Å². The van der Waals surface area contributed by atoms with Gasteiger partial charge >= 0.3 is 0 Å². The number of benzene rings is 2. The van der Waals surface area contributed by atoms with Crippen LogP contribution in [0.5, 0.6) is 0 Å². The molecule has 0 saturated carbocycles. The van der Waals surface area contributed by atoms with E-state index in [1.165, 1.54) is 22.5 Å². The third-order valence-electron chi connectivity index (χ3n) is 4.57. The Morgan fingerprint density at radius 3 is 2.46 bits per heavy atom. The second-order valence-corrected chi connectivity index (χ2v) is 8.85. The molecule has 1 N–H and O–H groups in total. The van der Waals surface area contributed by atoms with Gasteiger partial charge in [-0.05, 0) is 29.8 Å². The third kappa shape index (κ3) is 5.08. The summed E-state index contributed by atoms with van der Waals surface area (Å²) in [6, 6.07) is 12.3. The molecule has 1 heterocycles. The highest BCUT2D eigenvalue weighted by Crippen LogP contribution is 2.18. The van der Waals surface area contributed by atoms with Gasteiger partial charge in [-0.3, -0.25) is 9.69 Å². The summed E-state index contributed by atoms with van der Waals surface area (Å²) in [6.07, 6.45) is 0. The third-order valence-corrected chi connectivity index (χ3v) is 6.83. The van der Waals surface area contributed by atoms with E-state index in [9.17, 15) is 17.6 Å². The Labute approximate surface area is 168 Å². The molecule has 0 unspecified atom stereocenters. The summed E-state index contributed by atoms with van der Waals surface area (Å²) in [4.78, 5) is 14.0. The zero-order chi connectivity index (χ0) is 20.1. The van der Waals surface area contributed by atoms with E-state index in [2.05, 4.69) is 5.32 Å². The number of carbonyl (C=O) groups excluding carboxylic acids is 1. The maximum Gasteiger partial charge on any atom is 0.243 e. The first kappa shape index (κ1) is 20.7. The Morgan fingerprint density at radius 1 is 1.07 bits per heavy atom. The van der Waals surface area contributed by atoms with E-state index < -0.39 is 15.8 Å². The van der Waals surface area contributed by atoms with Crippen molar-refractivity contribution in [3.63, 3.8) is 0 Å². The van der Waals surface area contributed by atoms with Crippen LogP contribution in [0.3, 0.4) is 0 Å². The second kappa shape index (κ2) is 9.00. The Bertz CT molecular complexity index is 947. The number of piperazine rings is 1. The lowest BCUT2D eigenvalue weighted by Crippen LogP contribution is -2.51. The molecule has 9 heteroatoms. The minimum Gasteiger partial charge on any atom is -0.351 e. The van der Waals surface area contributed by atoms with Crippen LogP contribution >= 0.6 is 11.6 Å². The van der Waals surface area contributed by atoms with Gasteiger partial charge in [-0.25, -0.2) is 12.8 Å². The van der Waals surface area contributed by atoms with E-state index in [0.29, 0.717) is 24.7 Å². The maximum absolute atomic E-state index is 13.3. The normalized spacial score (nSPS) is 16.1. The van der Waals surface area contributed by atoms with Crippen LogP contribution in [0.15, 0.2) is 53.4 Å². The molecule has 0 bridgehead atoms. The van der Waals surface area contributed by atoms with Crippen molar-refractivity contribution in [1.82, 2.24) is 14.5 Å². The van der Waals surface area contributed by atoms with E-state index in [1.54, 1.807) is 6.07 Å². The average molecular weight is 426 g/mol. The summed E-state index contributed by atoms with van der Waals surface area (Å²) in [6.45, 7) is 1.86. The number of sulfonamides is 1. The van der Waals surface area contributed by atoms with Gasteiger partial charge in [-0.2, -0.15) is 4.31 Å². The first-order valence-corrected chi connectivity index (χ1v) is 10.7. The zero-order valence-corrected chi connectivity index (χ0v) is 16.7. The number of hydrogen-bond acceptors (Lipinski definition) is 4. The summed E-state index contributed by atoms with van der Waals surface area (Å²) in [5.74, 6) is -0.740. The second-order valence-electron chi connectivity index (χ2n) is 6.51. The van der Waals surface area contributed by atoms with Crippen LogP contribution in [0.25, 0.3) is 0 Å². The fourth-order valence-electron chi connectivity index (χ4n) is 3.00. The Balaban J connectivity index is 1.50. The topological polar surface area (TPSA) is 69.7 Å². The maximum atomic E-state index is 13.3. The summed E-state index contributed by atoms with van der Waals surface area (Å²) in [5.41, 5.74) is 0.837. The number of nitrogens with one attached hydrogen (secondary N) is 1. The predicted molar refractivity (Wildman–Crippen MR) is 105 cm³/mol. The van der Waals surface area contributed by atoms with Gasteiger partial charge in [0.15, 0.2) is 0 Å². The van der Waals surface area contributed by atoms with Crippen LogP contribution < -0.4 is 5.32 Å². The first-order chi connectivity index (χ1) is 13.4. The highest BCUT2D eigenvalue weighted by Gasteiger charge is 2.29. The molecule has 0 aliphatic carbocycles. The minimum absolute atomic E-state index is 0.0570. The molecule has 0 spiro atoms. The number of amides is 1.